The Bertz CT molecular complexity index is 465. The largest absolute Gasteiger partial charge is 0.368 e. The van der Waals surface area contributed by atoms with E-state index in [9.17, 15) is 0 Å². The van der Waals surface area contributed by atoms with Crippen molar-refractivity contribution in [1.29, 1.82) is 0 Å². The van der Waals surface area contributed by atoms with E-state index in [1.54, 1.807) is 0 Å². The Morgan fingerprint density at radius 2 is 1.30 bits per heavy atom. The lowest BCUT2D eigenvalue weighted by Gasteiger charge is -2.16. The molecular formula is C17H18O3. The SMILES string of the molecule is c1ccc(COC(OCc2ccccc2)C2CO2)cc1. The van der Waals surface area contributed by atoms with Gasteiger partial charge in [0, 0.05) is 0 Å². The minimum atomic E-state index is -0.296. The molecule has 0 bridgehead atoms. The van der Waals surface area contributed by atoms with Crippen molar-refractivity contribution in [1.82, 2.24) is 0 Å². The highest BCUT2D eigenvalue weighted by Gasteiger charge is 2.34. The second-order valence-electron chi connectivity index (χ2n) is 4.83. The van der Waals surface area contributed by atoms with Crippen LogP contribution in [0.15, 0.2) is 60.7 Å². The van der Waals surface area contributed by atoms with E-state index in [-0.39, 0.29) is 12.4 Å². The average Bonchev–Trinajstić information content (AvgIpc) is 3.34. The van der Waals surface area contributed by atoms with Gasteiger partial charge in [0.15, 0.2) is 6.29 Å². The summed E-state index contributed by atoms with van der Waals surface area (Å²) in [6.07, 6.45) is -0.224. The first-order valence-corrected chi connectivity index (χ1v) is 6.84. The maximum absolute atomic E-state index is 5.83. The van der Waals surface area contributed by atoms with Gasteiger partial charge in [0.25, 0.3) is 0 Å². The van der Waals surface area contributed by atoms with E-state index in [4.69, 9.17) is 14.2 Å². The molecule has 1 fully saturated rings. The van der Waals surface area contributed by atoms with E-state index in [2.05, 4.69) is 0 Å². The van der Waals surface area contributed by atoms with Gasteiger partial charge in [-0.1, -0.05) is 60.7 Å². The molecule has 0 amide bonds. The predicted octanol–water partition coefficient (Wildman–Crippen LogP) is 3.14. The predicted molar refractivity (Wildman–Crippen MR) is 76.0 cm³/mol. The van der Waals surface area contributed by atoms with Crippen molar-refractivity contribution in [3.05, 3.63) is 71.8 Å². The second-order valence-corrected chi connectivity index (χ2v) is 4.83. The molecule has 3 rings (SSSR count). The summed E-state index contributed by atoms with van der Waals surface area (Å²) in [4.78, 5) is 0. The van der Waals surface area contributed by atoms with Gasteiger partial charge in [-0.05, 0) is 11.1 Å². The van der Waals surface area contributed by atoms with Crippen LogP contribution < -0.4 is 0 Å². The van der Waals surface area contributed by atoms with Gasteiger partial charge in [-0.2, -0.15) is 0 Å². The lowest BCUT2D eigenvalue weighted by atomic mass is 10.2. The van der Waals surface area contributed by atoms with Crippen LogP contribution in [0.3, 0.4) is 0 Å². The van der Waals surface area contributed by atoms with Gasteiger partial charge < -0.3 is 14.2 Å². The molecule has 104 valence electrons. The van der Waals surface area contributed by atoms with Gasteiger partial charge in [0.2, 0.25) is 0 Å². The van der Waals surface area contributed by atoms with Gasteiger partial charge in [-0.15, -0.1) is 0 Å². The van der Waals surface area contributed by atoms with E-state index in [1.165, 1.54) is 0 Å². The van der Waals surface area contributed by atoms with E-state index in [0.717, 1.165) is 11.1 Å². The van der Waals surface area contributed by atoms with Crippen molar-refractivity contribution < 1.29 is 14.2 Å². The van der Waals surface area contributed by atoms with Gasteiger partial charge in [-0.3, -0.25) is 0 Å². The van der Waals surface area contributed by atoms with Crippen LogP contribution >= 0.6 is 0 Å². The molecule has 0 radical (unpaired) electrons. The zero-order chi connectivity index (χ0) is 13.6. The summed E-state index contributed by atoms with van der Waals surface area (Å²) in [6, 6.07) is 20.2. The number of benzene rings is 2. The molecule has 3 nitrogen and oxygen atoms in total. The van der Waals surface area contributed by atoms with Crippen molar-refractivity contribution >= 4 is 0 Å². The normalized spacial score (nSPS) is 17.4. The quantitative estimate of drug-likeness (QED) is 0.572. The number of ether oxygens (including phenoxy) is 3. The van der Waals surface area contributed by atoms with E-state index in [1.807, 2.05) is 60.7 Å². The van der Waals surface area contributed by atoms with E-state index < -0.39 is 0 Å². The Hall–Kier alpha value is -1.68. The van der Waals surface area contributed by atoms with Crippen LogP contribution in [0, 0.1) is 0 Å². The summed E-state index contributed by atoms with van der Waals surface area (Å²) >= 11 is 0. The van der Waals surface area contributed by atoms with Crippen LogP contribution in [0.4, 0.5) is 0 Å². The minimum Gasteiger partial charge on any atom is -0.368 e. The fourth-order valence-corrected chi connectivity index (χ4v) is 1.98. The van der Waals surface area contributed by atoms with Crippen molar-refractivity contribution in [2.75, 3.05) is 6.61 Å². The third-order valence-electron chi connectivity index (χ3n) is 3.18. The molecule has 3 heteroatoms. The molecule has 1 aliphatic heterocycles. The molecule has 0 saturated carbocycles. The molecule has 2 aromatic rings. The molecule has 0 spiro atoms. The molecule has 1 unspecified atom stereocenters. The van der Waals surface area contributed by atoms with Gasteiger partial charge in [0.1, 0.15) is 6.10 Å². The second kappa shape index (κ2) is 6.66. The standard InChI is InChI=1S/C17H18O3/c1-3-7-14(8-4-1)11-19-17(16-13-18-16)20-12-15-9-5-2-6-10-15/h1-10,16-17H,11-13H2. The summed E-state index contributed by atoms with van der Waals surface area (Å²) < 4.78 is 17.0. The summed E-state index contributed by atoms with van der Waals surface area (Å²) in [7, 11) is 0. The third-order valence-corrected chi connectivity index (χ3v) is 3.18. The fraction of sp³-hybridized carbons (Fsp3) is 0.294. The Morgan fingerprint density at radius 3 is 1.70 bits per heavy atom. The Kier molecular flexibility index (Phi) is 4.43. The van der Waals surface area contributed by atoms with E-state index >= 15 is 0 Å². The number of epoxide rings is 1. The van der Waals surface area contributed by atoms with Crippen molar-refractivity contribution in [2.45, 2.75) is 25.6 Å². The van der Waals surface area contributed by atoms with Crippen LogP contribution in [-0.2, 0) is 27.4 Å². The molecule has 1 aliphatic rings. The van der Waals surface area contributed by atoms with Gasteiger partial charge >= 0.3 is 0 Å². The Labute approximate surface area is 119 Å². The number of rotatable bonds is 7. The first kappa shape index (κ1) is 13.3. The van der Waals surface area contributed by atoms with E-state index in [0.29, 0.717) is 19.8 Å². The number of hydrogen-bond donors (Lipinski definition) is 0. The topological polar surface area (TPSA) is 31.0 Å². The zero-order valence-corrected chi connectivity index (χ0v) is 11.3. The Balaban J connectivity index is 1.51. The fourth-order valence-electron chi connectivity index (χ4n) is 1.98. The molecule has 20 heavy (non-hydrogen) atoms. The van der Waals surface area contributed by atoms with Crippen molar-refractivity contribution in [3.8, 4) is 0 Å². The zero-order valence-electron chi connectivity index (χ0n) is 11.3. The minimum absolute atomic E-state index is 0.0717. The monoisotopic (exact) mass is 270 g/mol. The molecule has 1 heterocycles. The van der Waals surface area contributed by atoms with Crippen molar-refractivity contribution in [2.24, 2.45) is 0 Å². The molecule has 2 aromatic carbocycles. The first-order valence-electron chi connectivity index (χ1n) is 6.84. The maximum atomic E-state index is 5.83. The summed E-state index contributed by atoms with van der Waals surface area (Å²) in [5.74, 6) is 0. The smallest absolute Gasteiger partial charge is 0.186 e. The lowest BCUT2D eigenvalue weighted by Crippen LogP contribution is -2.23. The van der Waals surface area contributed by atoms with Crippen LogP contribution in [0.1, 0.15) is 11.1 Å². The highest BCUT2D eigenvalue weighted by Crippen LogP contribution is 2.20. The molecule has 0 N–H and O–H groups in total. The molecule has 1 saturated heterocycles. The molecule has 1 atom stereocenters. The van der Waals surface area contributed by atoms with Crippen molar-refractivity contribution in [3.63, 3.8) is 0 Å². The van der Waals surface area contributed by atoms with Crippen LogP contribution in [0.5, 0.6) is 0 Å². The lowest BCUT2D eigenvalue weighted by molar-refractivity contribution is -0.167. The highest BCUT2D eigenvalue weighted by atomic mass is 16.7. The molecule has 0 aromatic heterocycles. The van der Waals surface area contributed by atoms with Crippen LogP contribution in [0.2, 0.25) is 0 Å². The maximum Gasteiger partial charge on any atom is 0.186 e. The van der Waals surface area contributed by atoms with Crippen LogP contribution in [-0.4, -0.2) is 19.0 Å². The van der Waals surface area contributed by atoms with Gasteiger partial charge in [0.05, 0.1) is 19.8 Å². The first-order chi connectivity index (χ1) is 9.92. The number of hydrogen-bond acceptors (Lipinski definition) is 3. The summed E-state index contributed by atoms with van der Waals surface area (Å²) in [5, 5.41) is 0. The summed E-state index contributed by atoms with van der Waals surface area (Å²) in [5.41, 5.74) is 2.28. The average molecular weight is 270 g/mol. The molecular weight excluding hydrogens is 252 g/mol. The summed E-state index contributed by atoms with van der Waals surface area (Å²) in [6.45, 7) is 1.80. The highest BCUT2D eigenvalue weighted by molar-refractivity contribution is 5.14. The van der Waals surface area contributed by atoms with Crippen LogP contribution in [0.25, 0.3) is 0 Å². The molecule has 0 aliphatic carbocycles. The third kappa shape index (κ3) is 3.90. The van der Waals surface area contributed by atoms with Gasteiger partial charge in [-0.25, -0.2) is 0 Å². The Morgan fingerprint density at radius 1 is 0.850 bits per heavy atom.